The molecule has 1 aliphatic rings. The molecule has 0 saturated carbocycles. The highest BCUT2D eigenvalue weighted by molar-refractivity contribution is 9.10. The summed E-state index contributed by atoms with van der Waals surface area (Å²) in [7, 11) is 0. The van der Waals surface area contributed by atoms with Gasteiger partial charge in [-0.05, 0) is 35.7 Å². The van der Waals surface area contributed by atoms with Crippen molar-refractivity contribution in [3.63, 3.8) is 0 Å². The SMILES string of the molecule is CC1CCC(O)CN1c1cc(Br)ncn1. The van der Waals surface area contributed by atoms with E-state index >= 15 is 0 Å². The fourth-order valence-corrected chi connectivity index (χ4v) is 2.18. The molecule has 0 amide bonds. The molecule has 2 atom stereocenters. The van der Waals surface area contributed by atoms with Crippen LogP contribution in [0.3, 0.4) is 0 Å². The average Bonchev–Trinajstić information content (AvgIpc) is 2.22. The summed E-state index contributed by atoms with van der Waals surface area (Å²) in [5.41, 5.74) is 0. The third-order valence-corrected chi connectivity index (χ3v) is 3.20. The van der Waals surface area contributed by atoms with Crippen LogP contribution < -0.4 is 4.90 Å². The van der Waals surface area contributed by atoms with Gasteiger partial charge in [0.25, 0.3) is 0 Å². The fraction of sp³-hybridized carbons (Fsp3) is 0.600. The fourth-order valence-electron chi connectivity index (χ4n) is 1.89. The monoisotopic (exact) mass is 271 g/mol. The smallest absolute Gasteiger partial charge is 0.133 e. The van der Waals surface area contributed by atoms with Crippen LogP contribution in [-0.4, -0.2) is 33.8 Å². The Balaban J connectivity index is 2.21. The van der Waals surface area contributed by atoms with Gasteiger partial charge in [-0.15, -0.1) is 0 Å². The van der Waals surface area contributed by atoms with E-state index in [0.717, 1.165) is 23.3 Å². The highest BCUT2D eigenvalue weighted by Crippen LogP contribution is 2.24. The lowest BCUT2D eigenvalue weighted by molar-refractivity contribution is 0.143. The zero-order chi connectivity index (χ0) is 10.8. The maximum Gasteiger partial charge on any atom is 0.133 e. The Morgan fingerprint density at radius 1 is 1.47 bits per heavy atom. The minimum Gasteiger partial charge on any atom is -0.391 e. The second kappa shape index (κ2) is 4.45. The van der Waals surface area contributed by atoms with Gasteiger partial charge < -0.3 is 10.0 Å². The summed E-state index contributed by atoms with van der Waals surface area (Å²) in [5, 5.41) is 9.63. The van der Waals surface area contributed by atoms with Crippen molar-refractivity contribution < 1.29 is 5.11 Å². The van der Waals surface area contributed by atoms with Crippen LogP contribution in [0.25, 0.3) is 0 Å². The number of aliphatic hydroxyl groups excluding tert-OH is 1. The van der Waals surface area contributed by atoms with E-state index < -0.39 is 0 Å². The summed E-state index contributed by atoms with van der Waals surface area (Å²) in [6, 6.07) is 2.31. The summed E-state index contributed by atoms with van der Waals surface area (Å²) >= 11 is 3.32. The lowest BCUT2D eigenvalue weighted by Crippen LogP contribution is -2.44. The molecule has 2 heterocycles. The second-order valence-corrected chi connectivity index (χ2v) is 4.74. The lowest BCUT2D eigenvalue weighted by atomic mass is 10.0. The number of β-amino-alcohol motifs (C(OH)–C–C–N with tert-alkyl or cyclic N) is 1. The molecule has 0 aromatic carbocycles. The summed E-state index contributed by atoms with van der Waals surface area (Å²) < 4.78 is 0.778. The van der Waals surface area contributed by atoms with E-state index in [4.69, 9.17) is 0 Å². The Hall–Kier alpha value is -0.680. The van der Waals surface area contributed by atoms with Crippen LogP contribution in [0, 0.1) is 0 Å². The van der Waals surface area contributed by atoms with E-state index in [1.165, 1.54) is 6.33 Å². The van der Waals surface area contributed by atoms with Crippen LogP contribution in [0.2, 0.25) is 0 Å². The van der Waals surface area contributed by atoms with Gasteiger partial charge in [0.1, 0.15) is 16.7 Å². The number of aliphatic hydroxyl groups is 1. The highest BCUT2D eigenvalue weighted by Gasteiger charge is 2.24. The van der Waals surface area contributed by atoms with E-state index in [-0.39, 0.29) is 6.10 Å². The first-order valence-electron chi connectivity index (χ1n) is 5.09. The number of halogens is 1. The van der Waals surface area contributed by atoms with Gasteiger partial charge >= 0.3 is 0 Å². The molecule has 1 saturated heterocycles. The lowest BCUT2D eigenvalue weighted by Gasteiger charge is -2.36. The first-order valence-corrected chi connectivity index (χ1v) is 5.88. The molecule has 1 aliphatic heterocycles. The van der Waals surface area contributed by atoms with Crippen molar-refractivity contribution in [2.24, 2.45) is 0 Å². The normalized spacial score (nSPS) is 26.7. The standard InChI is InChI=1S/C10H14BrN3O/c1-7-2-3-8(15)5-14(7)10-4-9(11)12-6-13-10/h4,6-8,15H,2-3,5H2,1H3. The molecule has 2 rings (SSSR count). The van der Waals surface area contributed by atoms with Crippen molar-refractivity contribution in [1.82, 2.24) is 9.97 Å². The first-order chi connectivity index (χ1) is 7.16. The van der Waals surface area contributed by atoms with Crippen molar-refractivity contribution in [3.8, 4) is 0 Å². The molecule has 0 spiro atoms. The van der Waals surface area contributed by atoms with Gasteiger partial charge in [0.15, 0.2) is 0 Å². The second-order valence-electron chi connectivity index (χ2n) is 3.93. The Morgan fingerprint density at radius 2 is 2.27 bits per heavy atom. The Kier molecular flexibility index (Phi) is 3.21. The molecule has 0 bridgehead atoms. The summed E-state index contributed by atoms with van der Waals surface area (Å²) in [5.74, 6) is 0.878. The molecule has 82 valence electrons. The number of anilines is 1. The Morgan fingerprint density at radius 3 is 3.00 bits per heavy atom. The molecule has 1 aromatic heterocycles. The van der Waals surface area contributed by atoms with Crippen LogP contribution in [0.5, 0.6) is 0 Å². The number of nitrogens with zero attached hydrogens (tertiary/aromatic N) is 3. The first kappa shape index (κ1) is 10.8. The maximum absolute atomic E-state index is 9.63. The summed E-state index contributed by atoms with van der Waals surface area (Å²) in [4.78, 5) is 10.3. The number of hydrogen-bond acceptors (Lipinski definition) is 4. The summed E-state index contributed by atoms with van der Waals surface area (Å²) in [6.07, 6.45) is 3.18. The van der Waals surface area contributed by atoms with Crippen LogP contribution in [-0.2, 0) is 0 Å². The van der Waals surface area contributed by atoms with Gasteiger partial charge in [-0.25, -0.2) is 9.97 Å². The van der Waals surface area contributed by atoms with Gasteiger partial charge in [-0.2, -0.15) is 0 Å². The predicted molar refractivity (Wildman–Crippen MR) is 61.8 cm³/mol. The number of piperidine rings is 1. The molecule has 5 heteroatoms. The van der Waals surface area contributed by atoms with E-state index in [1.807, 2.05) is 6.07 Å². The van der Waals surface area contributed by atoms with Crippen LogP contribution in [0.1, 0.15) is 19.8 Å². The molecule has 0 radical (unpaired) electrons. The van der Waals surface area contributed by atoms with Crippen molar-refractivity contribution in [2.45, 2.75) is 31.9 Å². The molecule has 1 aromatic rings. The molecular weight excluding hydrogens is 258 g/mol. The highest BCUT2D eigenvalue weighted by atomic mass is 79.9. The van der Waals surface area contributed by atoms with Crippen molar-refractivity contribution in [3.05, 3.63) is 17.0 Å². The van der Waals surface area contributed by atoms with Crippen molar-refractivity contribution >= 4 is 21.7 Å². The van der Waals surface area contributed by atoms with E-state index in [1.54, 1.807) is 0 Å². The molecule has 4 nitrogen and oxygen atoms in total. The minimum atomic E-state index is -0.241. The van der Waals surface area contributed by atoms with E-state index in [9.17, 15) is 5.11 Å². The van der Waals surface area contributed by atoms with Crippen molar-refractivity contribution in [2.75, 3.05) is 11.4 Å². The zero-order valence-electron chi connectivity index (χ0n) is 8.60. The van der Waals surface area contributed by atoms with Crippen molar-refractivity contribution in [1.29, 1.82) is 0 Å². The van der Waals surface area contributed by atoms with Gasteiger partial charge in [0.05, 0.1) is 6.10 Å². The van der Waals surface area contributed by atoms with Crippen LogP contribution in [0.15, 0.2) is 17.0 Å². The number of hydrogen-bond donors (Lipinski definition) is 1. The van der Waals surface area contributed by atoms with Gasteiger partial charge in [0.2, 0.25) is 0 Å². The van der Waals surface area contributed by atoms with Gasteiger partial charge in [-0.1, -0.05) is 0 Å². The van der Waals surface area contributed by atoms with Crippen LogP contribution >= 0.6 is 15.9 Å². The average molecular weight is 272 g/mol. The van der Waals surface area contributed by atoms with E-state index in [2.05, 4.69) is 37.7 Å². The molecule has 1 N–H and O–H groups in total. The number of rotatable bonds is 1. The molecule has 2 unspecified atom stereocenters. The van der Waals surface area contributed by atoms with Crippen LogP contribution in [0.4, 0.5) is 5.82 Å². The molecule has 1 fully saturated rings. The Labute approximate surface area is 97.5 Å². The number of aromatic nitrogens is 2. The van der Waals surface area contributed by atoms with Gasteiger partial charge in [-0.3, -0.25) is 0 Å². The predicted octanol–water partition coefficient (Wildman–Crippen LogP) is 1.59. The zero-order valence-corrected chi connectivity index (χ0v) is 10.2. The molecular formula is C10H14BrN3O. The maximum atomic E-state index is 9.63. The quantitative estimate of drug-likeness (QED) is 0.789. The topological polar surface area (TPSA) is 49.2 Å². The largest absolute Gasteiger partial charge is 0.391 e. The third-order valence-electron chi connectivity index (χ3n) is 2.77. The molecule has 0 aliphatic carbocycles. The molecule has 15 heavy (non-hydrogen) atoms. The minimum absolute atomic E-state index is 0.241. The third kappa shape index (κ3) is 2.46. The van der Waals surface area contributed by atoms with E-state index in [0.29, 0.717) is 12.6 Å². The Bertz CT molecular complexity index is 347. The summed E-state index contributed by atoms with van der Waals surface area (Å²) in [6.45, 7) is 2.81. The van der Waals surface area contributed by atoms with Gasteiger partial charge in [0, 0.05) is 18.7 Å².